The number of nitro benzene ring substituents is 1. The summed E-state index contributed by atoms with van der Waals surface area (Å²) in [6.45, 7) is 7.27. The molecule has 6 heteroatoms. The zero-order valence-electron chi connectivity index (χ0n) is 12.5. The highest BCUT2D eigenvalue weighted by Crippen LogP contribution is 2.21. The fourth-order valence-electron chi connectivity index (χ4n) is 2.32. The highest BCUT2D eigenvalue weighted by Gasteiger charge is 2.13. The lowest BCUT2D eigenvalue weighted by atomic mass is 10.1. The van der Waals surface area contributed by atoms with E-state index in [-0.39, 0.29) is 10.6 Å². The molecule has 0 spiro atoms. The largest absolute Gasteiger partial charge is 0.331 e. The van der Waals surface area contributed by atoms with Crippen LogP contribution in [-0.4, -0.2) is 14.5 Å². The summed E-state index contributed by atoms with van der Waals surface area (Å²) in [6, 6.07) is 5.53. The predicted octanol–water partition coefficient (Wildman–Crippen LogP) is 2.97. The number of rotatable bonds is 6. The molecule has 0 atom stereocenters. The summed E-state index contributed by atoms with van der Waals surface area (Å²) in [4.78, 5) is 14.7. The van der Waals surface area contributed by atoms with Crippen LogP contribution in [0.2, 0.25) is 0 Å². The number of imidazole rings is 1. The number of hydrogen-bond acceptors (Lipinski definition) is 4. The van der Waals surface area contributed by atoms with E-state index in [0.29, 0.717) is 24.7 Å². The van der Waals surface area contributed by atoms with Gasteiger partial charge in [-0.15, -0.1) is 0 Å². The predicted molar refractivity (Wildman–Crippen MR) is 81.0 cm³/mol. The highest BCUT2D eigenvalue weighted by molar-refractivity contribution is 5.44. The number of hydrogen-bond donors (Lipinski definition) is 1. The second kappa shape index (κ2) is 6.49. The van der Waals surface area contributed by atoms with E-state index in [4.69, 9.17) is 0 Å². The summed E-state index contributed by atoms with van der Waals surface area (Å²) < 4.78 is 2.10. The van der Waals surface area contributed by atoms with Crippen molar-refractivity contribution in [3.63, 3.8) is 0 Å². The summed E-state index contributed by atoms with van der Waals surface area (Å²) >= 11 is 0. The van der Waals surface area contributed by atoms with E-state index < -0.39 is 0 Å². The van der Waals surface area contributed by atoms with Crippen molar-refractivity contribution >= 4 is 5.69 Å². The molecule has 0 aliphatic carbocycles. The molecular weight excluding hydrogens is 268 g/mol. The third-order valence-corrected chi connectivity index (χ3v) is 3.54. The van der Waals surface area contributed by atoms with E-state index in [0.717, 1.165) is 11.3 Å². The Balaban J connectivity index is 2.02. The van der Waals surface area contributed by atoms with Crippen LogP contribution in [-0.2, 0) is 13.1 Å². The Bertz CT molecular complexity index is 634. The normalized spacial score (nSPS) is 11.0. The van der Waals surface area contributed by atoms with Crippen molar-refractivity contribution in [3.05, 3.63) is 57.7 Å². The van der Waals surface area contributed by atoms with Gasteiger partial charge in [-0.25, -0.2) is 4.98 Å². The molecule has 1 aromatic heterocycles. The fraction of sp³-hybridized carbons (Fsp3) is 0.400. The first-order valence-electron chi connectivity index (χ1n) is 6.95. The molecule has 0 bridgehead atoms. The molecule has 1 aromatic carbocycles. The van der Waals surface area contributed by atoms with E-state index in [1.807, 2.05) is 18.6 Å². The van der Waals surface area contributed by atoms with Crippen molar-refractivity contribution in [3.8, 4) is 0 Å². The van der Waals surface area contributed by atoms with Crippen LogP contribution in [0.3, 0.4) is 0 Å². The summed E-state index contributed by atoms with van der Waals surface area (Å²) in [5, 5.41) is 14.3. The first kappa shape index (κ1) is 15.2. The van der Waals surface area contributed by atoms with Gasteiger partial charge < -0.3 is 9.88 Å². The van der Waals surface area contributed by atoms with Crippen LogP contribution in [0.5, 0.6) is 0 Å². The molecule has 0 aliphatic heterocycles. The summed E-state index contributed by atoms with van der Waals surface area (Å²) in [5.74, 6) is 0. The summed E-state index contributed by atoms with van der Waals surface area (Å²) in [7, 11) is 0. The lowest BCUT2D eigenvalue weighted by molar-refractivity contribution is -0.385. The summed E-state index contributed by atoms with van der Waals surface area (Å²) in [6.07, 6.45) is 3.66. The molecule has 2 aromatic rings. The highest BCUT2D eigenvalue weighted by atomic mass is 16.6. The van der Waals surface area contributed by atoms with Crippen LogP contribution in [0.15, 0.2) is 30.7 Å². The van der Waals surface area contributed by atoms with Gasteiger partial charge in [0.05, 0.1) is 16.9 Å². The minimum absolute atomic E-state index is 0.168. The van der Waals surface area contributed by atoms with Crippen molar-refractivity contribution in [2.45, 2.75) is 39.9 Å². The first-order valence-corrected chi connectivity index (χ1v) is 6.95. The second-order valence-electron chi connectivity index (χ2n) is 5.31. The van der Waals surface area contributed by atoms with Crippen molar-refractivity contribution in [2.24, 2.45) is 0 Å². The molecule has 0 aliphatic rings. The molecule has 0 saturated carbocycles. The third kappa shape index (κ3) is 3.46. The zero-order valence-corrected chi connectivity index (χ0v) is 12.5. The quantitative estimate of drug-likeness (QED) is 0.655. The molecule has 1 heterocycles. The molecule has 6 nitrogen and oxygen atoms in total. The number of nitro groups is 1. The van der Waals surface area contributed by atoms with Crippen molar-refractivity contribution in [2.75, 3.05) is 0 Å². The molecule has 0 radical (unpaired) electrons. The average molecular weight is 288 g/mol. The van der Waals surface area contributed by atoms with Gasteiger partial charge in [-0.05, 0) is 26.3 Å². The van der Waals surface area contributed by atoms with Crippen LogP contribution in [0.25, 0.3) is 0 Å². The Kier molecular flexibility index (Phi) is 4.70. The van der Waals surface area contributed by atoms with Crippen LogP contribution in [0.4, 0.5) is 5.69 Å². The first-order chi connectivity index (χ1) is 10.0. The van der Waals surface area contributed by atoms with Gasteiger partial charge in [0, 0.05) is 37.0 Å². The van der Waals surface area contributed by atoms with E-state index in [1.54, 1.807) is 13.0 Å². The maximum atomic E-state index is 10.9. The van der Waals surface area contributed by atoms with E-state index >= 15 is 0 Å². The Morgan fingerprint density at radius 3 is 2.81 bits per heavy atom. The molecule has 112 valence electrons. The van der Waals surface area contributed by atoms with Crippen molar-refractivity contribution in [1.29, 1.82) is 0 Å². The summed E-state index contributed by atoms with van der Waals surface area (Å²) in [5.41, 5.74) is 2.93. The minimum Gasteiger partial charge on any atom is -0.331 e. The number of benzene rings is 1. The molecule has 0 unspecified atom stereocenters. The third-order valence-electron chi connectivity index (χ3n) is 3.54. The van der Waals surface area contributed by atoms with Gasteiger partial charge in [-0.3, -0.25) is 10.1 Å². The minimum atomic E-state index is -0.341. The van der Waals surface area contributed by atoms with Crippen LogP contribution >= 0.6 is 0 Å². The smallest absolute Gasteiger partial charge is 0.272 e. The zero-order chi connectivity index (χ0) is 15.4. The van der Waals surface area contributed by atoms with Gasteiger partial charge in [-0.2, -0.15) is 0 Å². The fourth-order valence-corrected chi connectivity index (χ4v) is 2.32. The molecule has 0 amide bonds. The standard InChI is InChI=1S/C15H20N4O2/c1-11(2)18-10-17-9-14(18)8-16-7-13-5-4-6-15(12(13)3)19(20)21/h4-6,9-11,16H,7-8H2,1-3H3. The monoisotopic (exact) mass is 288 g/mol. The van der Waals surface area contributed by atoms with Gasteiger partial charge in [0.25, 0.3) is 5.69 Å². The topological polar surface area (TPSA) is 73.0 Å². The van der Waals surface area contributed by atoms with Crippen molar-refractivity contribution in [1.82, 2.24) is 14.9 Å². The Hall–Kier alpha value is -2.21. The Labute approximate surface area is 124 Å². The molecule has 1 N–H and O–H groups in total. The molecule has 21 heavy (non-hydrogen) atoms. The van der Waals surface area contributed by atoms with E-state index in [2.05, 4.69) is 28.7 Å². The van der Waals surface area contributed by atoms with Gasteiger partial charge in [-0.1, -0.05) is 12.1 Å². The number of nitrogens with zero attached hydrogens (tertiary/aromatic N) is 3. The molecule has 0 fully saturated rings. The molecule has 2 rings (SSSR count). The Morgan fingerprint density at radius 2 is 2.14 bits per heavy atom. The average Bonchev–Trinajstić information content (AvgIpc) is 2.89. The van der Waals surface area contributed by atoms with Crippen LogP contribution in [0.1, 0.15) is 36.7 Å². The number of nitrogens with one attached hydrogen (secondary N) is 1. The molecule has 0 saturated heterocycles. The maximum absolute atomic E-state index is 10.9. The Morgan fingerprint density at radius 1 is 1.38 bits per heavy atom. The van der Waals surface area contributed by atoms with Crippen LogP contribution in [0, 0.1) is 17.0 Å². The molecular formula is C15H20N4O2. The lowest BCUT2D eigenvalue weighted by Gasteiger charge is -2.13. The van der Waals surface area contributed by atoms with Crippen molar-refractivity contribution < 1.29 is 4.92 Å². The van der Waals surface area contributed by atoms with Gasteiger partial charge in [0.2, 0.25) is 0 Å². The maximum Gasteiger partial charge on any atom is 0.272 e. The SMILES string of the molecule is Cc1c(CNCc2cncn2C(C)C)cccc1[N+](=O)[O-]. The van der Waals surface area contributed by atoms with Gasteiger partial charge >= 0.3 is 0 Å². The van der Waals surface area contributed by atoms with Gasteiger partial charge in [0.15, 0.2) is 0 Å². The second-order valence-corrected chi connectivity index (χ2v) is 5.31. The van der Waals surface area contributed by atoms with Crippen LogP contribution < -0.4 is 5.32 Å². The lowest BCUT2D eigenvalue weighted by Crippen LogP contribution is -2.17. The van der Waals surface area contributed by atoms with E-state index in [1.165, 1.54) is 6.07 Å². The number of aromatic nitrogens is 2. The van der Waals surface area contributed by atoms with Gasteiger partial charge in [0.1, 0.15) is 0 Å². The van der Waals surface area contributed by atoms with E-state index in [9.17, 15) is 10.1 Å².